The zero-order valence-corrected chi connectivity index (χ0v) is 18.1. The number of aromatic nitrogens is 1. The first-order valence-electron chi connectivity index (χ1n) is 10.6. The number of hydrogen-bond acceptors (Lipinski definition) is 4. The summed E-state index contributed by atoms with van der Waals surface area (Å²) in [7, 11) is 0. The summed E-state index contributed by atoms with van der Waals surface area (Å²) in [4.78, 5) is 19.0. The Balaban J connectivity index is 1.67. The van der Waals surface area contributed by atoms with Gasteiger partial charge in [0.2, 0.25) is 0 Å². The van der Waals surface area contributed by atoms with E-state index < -0.39 is 11.8 Å². The molecule has 0 bridgehead atoms. The second-order valence-corrected chi connectivity index (χ2v) is 8.33. The van der Waals surface area contributed by atoms with Gasteiger partial charge in [0, 0.05) is 24.3 Å². The van der Waals surface area contributed by atoms with E-state index in [1.54, 1.807) is 17.2 Å². The quantitative estimate of drug-likeness (QED) is 0.709. The lowest BCUT2D eigenvalue weighted by molar-refractivity contribution is -0.258. The molecule has 32 heavy (non-hydrogen) atoms. The molecule has 2 aromatic rings. The van der Waals surface area contributed by atoms with Crippen LogP contribution in [-0.2, 0) is 5.60 Å². The van der Waals surface area contributed by atoms with Gasteiger partial charge in [-0.25, -0.2) is 4.98 Å². The largest absolute Gasteiger partial charge is 0.421 e. The predicted molar refractivity (Wildman–Crippen MR) is 113 cm³/mol. The lowest BCUT2D eigenvalue weighted by Gasteiger charge is -2.36. The normalized spacial score (nSPS) is 20.8. The topological polar surface area (TPSA) is 77.2 Å². The summed E-state index contributed by atoms with van der Waals surface area (Å²) in [5.74, 6) is 0.0957. The Kier molecular flexibility index (Phi) is 6.89. The van der Waals surface area contributed by atoms with Gasteiger partial charge in [-0.1, -0.05) is 18.2 Å². The summed E-state index contributed by atoms with van der Waals surface area (Å²) >= 11 is 0. The van der Waals surface area contributed by atoms with E-state index >= 15 is 0 Å². The number of aliphatic hydroxyl groups is 1. The third-order valence-corrected chi connectivity index (χ3v) is 6.36. The molecule has 5 nitrogen and oxygen atoms in total. The van der Waals surface area contributed by atoms with E-state index in [1.807, 2.05) is 19.1 Å². The molecular weight excluding hydrogens is 419 g/mol. The van der Waals surface area contributed by atoms with Crippen LogP contribution in [0, 0.1) is 11.3 Å². The van der Waals surface area contributed by atoms with E-state index in [0.717, 1.165) is 43.4 Å². The summed E-state index contributed by atoms with van der Waals surface area (Å²) in [6, 6.07) is 10.7. The van der Waals surface area contributed by atoms with Crippen molar-refractivity contribution in [2.45, 2.75) is 63.3 Å². The van der Waals surface area contributed by atoms with Crippen LogP contribution < -0.4 is 0 Å². The highest BCUT2D eigenvalue weighted by Crippen LogP contribution is 2.39. The van der Waals surface area contributed by atoms with E-state index in [-0.39, 0.29) is 17.5 Å². The number of carbonyl (C=O) groups is 1. The van der Waals surface area contributed by atoms with Crippen molar-refractivity contribution in [3.8, 4) is 6.07 Å². The van der Waals surface area contributed by atoms with Gasteiger partial charge in [0.1, 0.15) is 11.8 Å². The fourth-order valence-electron chi connectivity index (χ4n) is 4.27. The van der Waals surface area contributed by atoms with Crippen LogP contribution in [0.15, 0.2) is 42.6 Å². The molecule has 1 aliphatic rings. The molecule has 170 valence electrons. The Labute approximate surface area is 185 Å². The highest BCUT2D eigenvalue weighted by Gasteiger charge is 2.51. The molecule has 1 heterocycles. The van der Waals surface area contributed by atoms with E-state index in [4.69, 9.17) is 5.26 Å². The third-order valence-electron chi connectivity index (χ3n) is 6.36. The average Bonchev–Trinajstić information content (AvgIpc) is 2.79. The lowest BCUT2D eigenvalue weighted by atomic mass is 9.81. The molecule has 1 amide bonds. The minimum Gasteiger partial charge on any atom is -0.376 e. The highest BCUT2D eigenvalue weighted by molar-refractivity contribution is 5.94. The molecule has 1 aromatic carbocycles. The molecular formula is C24H26F3N3O2. The molecule has 0 radical (unpaired) electrons. The number of nitrogens with zero attached hydrogens (tertiary/aromatic N) is 3. The van der Waals surface area contributed by atoms with Crippen molar-refractivity contribution in [2.24, 2.45) is 0 Å². The monoisotopic (exact) mass is 445 g/mol. The number of rotatable bonds is 5. The molecule has 0 spiro atoms. The number of carbonyl (C=O) groups excluding carboxylic acids is 1. The van der Waals surface area contributed by atoms with Crippen molar-refractivity contribution in [3.63, 3.8) is 0 Å². The standard InChI is InChI=1S/C24H26F3N3O2/c1-3-30(21-12-7-16(8-13-21)18-6-11-20(14-28)29-15-18)22(31)17-4-9-19(10-5-17)23(2,32)24(25,26)27/h4-6,9-11,15-16,21,32H,3,7-8,12-13H2,1-2H3/t16-,21+,23-/m0/s1. The van der Waals surface area contributed by atoms with Crippen LogP contribution in [0.5, 0.6) is 0 Å². The maximum Gasteiger partial charge on any atom is 0.421 e. The minimum atomic E-state index is -4.81. The van der Waals surface area contributed by atoms with Crippen LogP contribution in [-0.4, -0.2) is 39.7 Å². The van der Waals surface area contributed by atoms with Crippen molar-refractivity contribution in [1.29, 1.82) is 5.26 Å². The number of nitriles is 1. The molecule has 1 aliphatic carbocycles. The van der Waals surface area contributed by atoms with Gasteiger partial charge in [0.25, 0.3) is 5.91 Å². The van der Waals surface area contributed by atoms with Crippen LogP contribution in [0.4, 0.5) is 13.2 Å². The maximum absolute atomic E-state index is 13.1. The first kappa shape index (κ1) is 23.7. The lowest BCUT2D eigenvalue weighted by Crippen LogP contribution is -2.42. The van der Waals surface area contributed by atoms with Gasteiger partial charge in [-0.2, -0.15) is 18.4 Å². The molecule has 1 fully saturated rings. The van der Waals surface area contributed by atoms with Crippen molar-refractivity contribution in [2.75, 3.05) is 6.54 Å². The van der Waals surface area contributed by atoms with Gasteiger partial charge >= 0.3 is 6.18 Å². The molecule has 1 saturated carbocycles. The van der Waals surface area contributed by atoms with Crippen molar-refractivity contribution in [1.82, 2.24) is 9.88 Å². The number of halogens is 3. The fraction of sp³-hybridized carbons (Fsp3) is 0.458. The van der Waals surface area contributed by atoms with Crippen LogP contribution in [0.2, 0.25) is 0 Å². The second kappa shape index (κ2) is 9.29. The van der Waals surface area contributed by atoms with Gasteiger partial charge < -0.3 is 10.0 Å². The molecule has 0 saturated heterocycles. The highest BCUT2D eigenvalue weighted by atomic mass is 19.4. The van der Waals surface area contributed by atoms with E-state index in [1.165, 1.54) is 12.1 Å². The second-order valence-electron chi connectivity index (χ2n) is 8.33. The van der Waals surface area contributed by atoms with Gasteiger partial charge in [-0.05, 0) is 74.8 Å². The summed E-state index contributed by atoms with van der Waals surface area (Å²) in [5, 5.41) is 18.7. The number of benzene rings is 1. The summed E-state index contributed by atoms with van der Waals surface area (Å²) in [5.41, 5.74) is -1.51. The number of hydrogen-bond donors (Lipinski definition) is 1. The average molecular weight is 445 g/mol. The van der Waals surface area contributed by atoms with E-state index in [0.29, 0.717) is 30.6 Å². The number of amides is 1. The van der Waals surface area contributed by atoms with Crippen molar-refractivity contribution < 1.29 is 23.1 Å². The smallest absolute Gasteiger partial charge is 0.376 e. The van der Waals surface area contributed by atoms with Gasteiger partial charge in [-0.3, -0.25) is 4.79 Å². The Bertz CT molecular complexity index is 972. The number of alkyl halides is 3. The summed E-state index contributed by atoms with van der Waals surface area (Å²) < 4.78 is 39.2. The van der Waals surface area contributed by atoms with Crippen LogP contribution in [0.1, 0.15) is 72.6 Å². The van der Waals surface area contributed by atoms with E-state index in [2.05, 4.69) is 4.98 Å². The summed E-state index contributed by atoms with van der Waals surface area (Å²) in [6.45, 7) is 3.08. The number of pyridine rings is 1. The zero-order chi connectivity index (χ0) is 23.5. The van der Waals surface area contributed by atoms with E-state index in [9.17, 15) is 23.1 Å². The first-order chi connectivity index (χ1) is 15.1. The van der Waals surface area contributed by atoms with Crippen molar-refractivity contribution >= 4 is 5.91 Å². The Hall–Kier alpha value is -2.92. The Morgan fingerprint density at radius 2 is 1.78 bits per heavy atom. The molecule has 0 aliphatic heterocycles. The fourth-order valence-corrected chi connectivity index (χ4v) is 4.27. The Morgan fingerprint density at radius 3 is 2.25 bits per heavy atom. The maximum atomic E-state index is 13.1. The molecule has 3 rings (SSSR count). The molecule has 1 N–H and O–H groups in total. The molecule has 8 heteroatoms. The van der Waals surface area contributed by atoms with Crippen LogP contribution in [0.3, 0.4) is 0 Å². The molecule has 1 atom stereocenters. The van der Waals surface area contributed by atoms with Crippen LogP contribution in [0.25, 0.3) is 0 Å². The van der Waals surface area contributed by atoms with Crippen molar-refractivity contribution in [3.05, 3.63) is 65.0 Å². The third kappa shape index (κ3) is 4.78. The van der Waals surface area contributed by atoms with Gasteiger partial charge in [0.05, 0.1) is 0 Å². The summed E-state index contributed by atoms with van der Waals surface area (Å²) in [6.07, 6.45) is 0.321. The predicted octanol–water partition coefficient (Wildman–Crippen LogP) is 4.91. The van der Waals surface area contributed by atoms with Crippen LogP contribution >= 0.6 is 0 Å². The molecule has 0 unspecified atom stereocenters. The molecule has 1 aromatic heterocycles. The minimum absolute atomic E-state index is 0.0491. The zero-order valence-electron chi connectivity index (χ0n) is 18.1. The van der Waals surface area contributed by atoms with Gasteiger partial charge in [0.15, 0.2) is 5.60 Å². The van der Waals surface area contributed by atoms with Gasteiger partial charge in [-0.15, -0.1) is 0 Å². The first-order valence-corrected chi connectivity index (χ1v) is 10.6. The SMILES string of the molecule is CCN(C(=O)c1ccc([C@](C)(O)C(F)(F)F)cc1)[C@H]1CC[C@@H](c2ccc(C#N)nc2)CC1. The Morgan fingerprint density at radius 1 is 1.16 bits per heavy atom.